The number of hydrogen-bond acceptors (Lipinski definition) is 3. The van der Waals surface area contributed by atoms with Gasteiger partial charge in [0.15, 0.2) is 5.78 Å². The molecule has 1 aromatic rings. The minimum absolute atomic E-state index is 0.0669. The first-order valence-corrected chi connectivity index (χ1v) is 13.1. The summed E-state index contributed by atoms with van der Waals surface area (Å²) >= 11 is 0. The number of Topliss-reactive ketones (excluding diaryl/α,β-unsaturated/α-hetero) is 1. The molecule has 2 atom stereocenters. The fourth-order valence-electron chi connectivity index (χ4n) is 8.24. The summed E-state index contributed by atoms with van der Waals surface area (Å²) in [5.74, 6) is 0.302. The van der Waals surface area contributed by atoms with Crippen LogP contribution in [0.4, 0.5) is 4.39 Å². The summed E-state index contributed by atoms with van der Waals surface area (Å²) in [5.41, 5.74) is 1.27. The third kappa shape index (κ3) is 4.00. The minimum Gasteiger partial charge on any atom is -0.493 e. The number of rotatable bonds is 7. The number of halogens is 1. The van der Waals surface area contributed by atoms with Crippen LogP contribution in [0.1, 0.15) is 98.9 Å². The van der Waals surface area contributed by atoms with Gasteiger partial charge in [-0.2, -0.15) is 0 Å². The van der Waals surface area contributed by atoms with Crippen molar-refractivity contribution in [1.82, 2.24) is 0 Å². The molecule has 6 aliphatic carbocycles. The van der Waals surface area contributed by atoms with Crippen molar-refractivity contribution in [3.05, 3.63) is 29.1 Å². The van der Waals surface area contributed by atoms with Crippen LogP contribution < -0.4 is 4.74 Å². The van der Waals surface area contributed by atoms with E-state index in [1.807, 2.05) is 0 Å². The molecule has 0 aromatic heterocycles. The first-order chi connectivity index (χ1) is 15.9. The van der Waals surface area contributed by atoms with Gasteiger partial charge >= 0.3 is 5.97 Å². The van der Waals surface area contributed by atoms with Crippen LogP contribution in [0.15, 0.2) is 12.1 Å². The van der Waals surface area contributed by atoms with Crippen molar-refractivity contribution in [2.24, 2.45) is 35.0 Å². The van der Waals surface area contributed by atoms with Crippen molar-refractivity contribution in [2.75, 3.05) is 6.61 Å². The van der Waals surface area contributed by atoms with E-state index in [1.54, 1.807) is 6.07 Å². The highest BCUT2D eigenvalue weighted by Gasteiger charge is 2.51. The monoisotopic (exact) mass is 454 g/mol. The second-order valence-electron chi connectivity index (χ2n) is 12.1. The van der Waals surface area contributed by atoms with Crippen molar-refractivity contribution in [2.45, 2.75) is 83.0 Å². The molecule has 0 spiro atoms. The van der Waals surface area contributed by atoms with Gasteiger partial charge in [0.05, 0.1) is 18.1 Å². The van der Waals surface area contributed by atoms with Crippen molar-refractivity contribution in [1.29, 1.82) is 0 Å². The van der Waals surface area contributed by atoms with Gasteiger partial charge in [0.25, 0.3) is 0 Å². The highest BCUT2D eigenvalue weighted by atomic mass is 19.1. The maximum absolute atomic E-state index is 15.3. The van der Waals surface area contributed by atoms with E-state index in [2.05, 4.69) is 0 Å². The number of benzene rings is 1. The maximum atomic E-state index is 15.3. The van der Waals surface area contributed by atoms with E-state index < -0.39 is 23.6 Å². The van der Waals surface area contributed by atoms with Gasteiger partial charge in [-0.1, -0.05) is 12.8 Å². The van der Waals surface area contributed by atoms with Gasteiger partial charge in [0.1, 0.15) is 11.6 Å². The number of carboxylic acid groups (broad SMARTS) is 1. The largest absolute Gasteiger partial charge is 0.493 e. The topological polar surface area (TPSA) is 63.6 Å². The highest BCUT2D eigenvalue weighted by Crippen LogP contribution is 2.60. The highest BCUT2D eigenvalue weighted by molar-refractivity contribution is 6.00. The molecule has 0 heterocycles. The molecule has 5 heteroatoms. The van der Waals surface area contributed by atoms with Crippen LogP contribution in [0.25, 0.3) is 0 Å². The zero-order chi connectivity index (χ0) is 22.7. The second kappa shape index (κ2) is 8.09. The summed E-state index contributed by atoms with van der Waals surface area (Å²) in [4.78, 5) is 25.0. The Balaban J connectivity index is 1.24. The minimum atomic E-state index is -0.939. The quantitative estimate of drug-likeness (QED) is 0.486. The van der Waals surface area contributed by atoms with Crippen molar-refractivity contribution < 1.29 is 23.8 Å². The number of aliphatic carboxylic acids is 1. The van der Waals surface area contributed by atoms with Gasteiger partial charge < -0.3 is 9.84 Å². The Hall–Kier alpha value is -1.91. The van der Waals surface area contributed by atoms with Crippen LogP contribution in [-0.2, 0) is 4.79 Å². The number of ether oxygens (including phenoxy) is 1. The number of ketones is 1. The van der Waals surface area contributed by atoms with Crippen LogP contribution >= 0.6 is 0 Å². The maximum Gasteiger partial charge on any atom is 0.307 e. The fraction of sp³-hybridized carbons (Fsp3) is 0.714. The third-order valence-electron chi connectivity index (χ3n) is 9.50. The molecular weight excluding hydrogens is 419 g/mol. The molecule has 1 N–H and O–H groups in total. The zero-order valence-corrected chi connectivity index (χ0v) is 19.4. The van der Waals surface area contributed by atoms with E-state index in [0.29, 0.717) is 31.1 Å². The van der Waals surface area contributed by atoms with E-state index in [-0.39, 0.29) is 16.8 Å². The standard InChI is InChI=1S/C28H35FO4/c29-24-11-25(33-15-28-12-16-7-17(13-28)9-18(8-16)14-28)22(19-5-6-19)10-23(24)26(30)20-3-1-2-4-21(20)27(31)32/h10-11,16-21H,1-9,12-15H2,(H,31,32)/t16?,17?,18?,20-,21-,28?/m0/s1. The van der Waals surface area contributed by atoms with Gasteiger partial charge in [0.2, 0.25) is 0 Å². The molecule has 4 nitrogen and oxygen atoms in total. The fourth-order valence-corrected chi connectivity index (χ4v) is 8.24. The molecule has 1 aromatic carbocycles. The van der Waals surface area contributed by atoms with Crippen LogP contribution in [0, 0.1) is 40.8 Å². The number of carbonyl (C=O) groups is 2. The zero-order valence-electron chi connectivity index (χ0n) is 19.4. The molecule has 7 rings (SSSR count). The van der Waals surface area contributed by atoms with E-state index in [4.69, 9.17) is 4.74 Å². The summed E-state index contributed by atoms with van der Waals surface area (Å²) in [6.45, 7) is 0.659. The molecule has 0 saturated heterocycles. The van der Waals surface area contributed by atoms with Gasteiger partial charge in [-0.25, -0.2) is 4.39 Å². The molecule has 0 radical (unpaired) electrons. The summed E-state index contributed by atoms with van der Waals surface area (Å²) in [6.07, 6.45) is 12.6. The lowest BCUT2D eigenvalue weighted by Gasteiger charge is -2.56. The Morgan fingerprint density at radius 3 is 2.12 bits per heavy atom. The van der Waals surface area contributed by atoms with E-state index >= 15 is 4.39 Å². The van der Waals surface area contributed by atoms with Gasteiger partial charge in [-0.15, -0.1) is 0 Å². The Morgan fingerprint density at radius 2 is 1.55 bits per heavy atom. The lowest BCUT2D eigenvalue weighted by atomic mass is 9.50. The molecule has 0 amide bonds. The average Bonchev–Trinajstić information content (AvgIpc) is 3.62. The van der Waals surface area contributed by atoms with Crippen LogP contribution in [0.5, 0.6) is 5.75 Å². The van der Waals surface area contributed by atoms with Gasteiger partial charge in [0, 0.05) is 17.4 Å². The Morgan fingerprint density at radius 1 is 0.939 bits per heavy atom. The molecular formula is C28H35FO4. The van der Waals surface area contributed by atoms with Gasteiger partial charge in [-0.3, -0.25) is 9.59 Å². The Bertz CT molecular complexity index is 930. The number of hydrogen-bond donors (Lipinski definition) is 1. The lowest BCUT2D eigenvalue weighted by Crippen LogP contribution is -2.48. The SMILES string of the molecule is O=C(O)[C@H]1CCCC[C@@H]1C(=O)c1cc(C2CC2)c(OCC23CC4CC(CC(C4)C2)C3)cc1F. The number of carboxylic acids is 1. The molecule has 0 unspecified atom stereocenters. The summed E-state index contributed by atoms with van der Waals surface area (Å²) in [7, 11) is 0. The smallest absolute Gasteiger partial charge is 0.307 e. The normalized spacial score (nSPS) is 37.2. The first-order valence-electron chi connectivity index (χ1n) is 13.1. The summed E-state index contributed by atoms with van der Waals surface area (Å²) < 4.78 is 21.7. The molecule has 4 bridgehead atoms. The van der Waals surface area contributed by atoms with E-state index in [9.17, 15) is 14.7 Å². The lowest BCUT2D eigenvalue weighted by molar-refractivity contribution is -0.144. The van der Waals surface area contributed by atoms with E-state index in [1.165, 1.54) is 44.6 Å². The predicted molar refractivity (Wildman–Crippen MR) is 122 cm³/mol. The summed E-state index contributed by atoms with van der Waals surface area (Å²) in [5, 5.41) is 9.59. The second-order valence-corrected chi connectivity index (χ2v) is 12.1. The predicted octanol–water partition coefficient (Wildman–Crippen LogP) is 6.37. The summed E-state index contributed by atoms with van der Waals surface area (Å²) in [6, 6.07) is 3.14. The van der Waals surface area contributed by atoms with Gasteiger partial charge in [-0.05, 0) is 99.5 Å². The van der Waals surface area contributed by atoms with Crippen LogP contribution in [0.3, 0.4) is 0 Å². The molecule has 0 aliphatic heterocycles. The molecule has 6 saturated carbocycles. The first kappa shape index (κ1) is 21.6. The third-order valence-corrected chi connectivity index (χ3v) is 9.50. The van der Waals surface area contributed by atoms with E-state index in [0.717, 1.165) is 49.0 Å². The molecule has 178 valence electrons. The Labute approximate surface area is 195 Å². The van der Waals surface area contributed by atoms with Crippen LogP contribution in [-0.4, -0.2) is 23.5 Å². The number of carbonyl (C=O) groups excluding carboxylic acids is 1. The van der Waals surface area contributed by atoms with Crippen LogP contribution in [0.2, 0.25) is 0 Å². The molecule has 6 fully saturated rings. The molecule has 33 heavy (non-hydrogen) atoms. The molecule has 6 aliphatic rings. The average molecular weight is 455 g/mol. The van der Waals surface area contributed by atoms with Crippen molar-refractivity contribution >= 4 is 11.8 Å². The van der Waals surface area contributed by atoms with Crippen molar-refractivity contribution in [3.8, 4) is 5.75 Å². The van der Waals surface area contributed by atoms with Crippen molar-refractivity contribution in [3.63, 3.8) is 0 Å². The Kier molecular flexibility index (Phi) is 5.30.